The summed E-state index contributed by atoms with van der Waals surface area (Å²) in [6, 6.07) is 7.68. The molecule has 0 amide bonds. The number of unbranched alkanes of at least 4 members (excludes halogenated alkanes) is 1. The van der Waals surface area contributed by atoms with Gasteiger partial charge in [-0.15, -0.1) is 0 Å². The van der Waals surface area contributed by atoms with E-state index in [9.17, 15) is 4.79 Å². The molecule has 0 radical (unpaired) electrons. The Kier molecular flexibility index (Phi) is 7.42. The smallest absolute Gasteiger partial charge is 0.188 e. The van der Waals surface area contributed by atoms with E-state index in [1.54, 1.807) is 0 Å². The van der Waals surface area contributed by atoms with Crippen molar-refractivity contribution in [3.8, 4) is 0 Å². The van der Waals surface area contributed by atoms with E-state index in [2.05, 4.69) is 13.8 Å². The van der Waals surface area contributed by atoms with Gasteiger partial charge in [0.2, 0.25) is 0 Å². The monoisotopic (exact) mass is 262 g/mol. The highest BCUT2D eigenvalue weighted by atomic mass is 16.5. The Balaban J connectivity index is 2.34. The Labute approximate surface area is 117 Å². The molecular weight excluding hydrogens is 236 g/mol. The number of ether oxygens (including phenoxy) is 1. The van der Waals surface area contributed by atoms with E-state index in [-0.39, 0.29) is 12.4 Å². The number of benzene rings is 1. The van der Waals surface area contributed by atoms with Crippen molar-refractivity contribution in [2.24, 2.45) is 5.92 Å². The van der Waals surface area contributed by atoms with Gasteiger partial charge in [0.15, 0.2) is 5.78 Å². The number of hydrogen-bond donors (Lipinski definition) is 0. The molecule has 0 N–H and O–H groups in total. The van der Waals surface area contributed by atoms with Gasteiger partial charge in [-0.3, -0.25) is 4.79 Å². The van der Waals surface area contributed by atoms with Crippen molar-refractivity contribution < 1.29 is 9.53 Å². The molecule has 1 rings (SSSR count). The zero-order chi connectivity index (χ0) is 14.1. The second kappa shape index (κ2) is 8.87. The first kappa shape index (κ1) is 15.9. The normalized spacial score (nSPS) is 12.4. The number of aryl methyl sites for hydroxylation is 1. The maximum absolute atomic E-state index is 12.0. The van der Waals surface area contributed by atoms with Crippen LogP contribution in [0.1, 0.15) is 55.5 Å². The molecule has 1 atom stereocenters. The van der Waals surface area contributed by atoms with Crippen LogP contribution in [0, 0.1) is 12.8 Å². The summed E-state index contributed by atoms with van der Waals surface area (Å²) in [5.41, 5.74) is 1.86. The summed E-state index contributed by atoms with van der Waals surface area (Å²) in [6.45, 7) is 7.29. The van der Waals surface area contributed by atoms with Gasteiger partial charge in [0.25, 0.3) is 0 Å². The van der Waals surface area contributed by atoms with Crippen molar-refractivity contribution >= 4 is 5.78 Å². The van der Waals surface area contributed by atoms with Gasteiger partial charge in [-0.25, -0.2) is 0 Å². The fourth-order valence-electron chi connectivity index (χ4n) is 2.12. The van der Waals surface area contributed by atoms with Crippen LogP contribution >= 0.6 is 0 Å². The molecule has 0 spiro atoms. The Morgan fingerprint density at radius 1 is 1.32 bits per heavy atom. The zero-order valence-electron chi connectivity index (χ0n) is 12.4. The van der Waals surface area contributed by atoms with Gasteiger partial charge in [-0.1, -0.05) is 56.9 Å². The molecule has 0 bridgehead atoms. The highest BCUT2D eigenvalue weighted by molar-refractivity contribution is 5.97. The molecule has 2 heteroatoms. The molecular formula is C17H26O2. The third-order valence-corrected chi connectivity index (χ3v) is 3.47. The minimum atomic E-state index is 0.0778. The molecule has 19 heavy (non-hydrogen) atoms. The first-order valence-corrected chi connectivity index (χ1v) is 7.35. The second-order valence-electron chi connectivity index (χ2n) is 5.22. The van der Waals surface area contributed by atoms with Crippen LogP contribution in [0.15, 0.2) is 24.3 Å². The summed E-state index contributed by atoms with van der Waals surface area (Å²) in [6.07, 6.45) is 4.79. The first-order valence-electron chi connectivity index (χ1n) is 7.35. The second-order valence-corrected chi connectivity index (χ2v) is 5.22. The summed E-state index contributed by atoms with van der Waals surface area (Å²) in [7, 11) is 0. The van der Waals surface area contributed by atoms with Gasteiger partial charge in [0.1, 0.15) is 6.61 Å². The SMILES string of the molecule is CCCCC(CC)COCC(=O)c1cccc(C)c1. The van der Waals surface area contributed by atoms with Gasteiger partial charge < -0.3 is 4.74 Å². The number of carbonyl (C=O) groups is 1. The van der Waals surface area contributed by atoms with Crippen LogP contribution in [0.4, 0.5) is 0 Å². The minimum absolute atomic E-state index is 0.0778. The molecule has 0 saturated heterocycles. The predicted molar refractivity (Wildman–Crippen MR) is 79.6 cm³/mol. The van der Waals surface area contributed by atoms with Crippen LogP contribution < -0.4 is 0 Å². The standard InChI is InChI=1S/C17H26O2/c1-4-6-9-15(5-2)12-19-13-17(18)16-10-7-8-14(3)11-16/h7-8,10-11,15H,4-6,9,12-13H2,1-3H3. The molecule has 1 unspecified atom stereocenters. The minimum Gasteiger partial charge on any atom is -0.373 e. The van der Waals surface area contributed by atoms with Crippen molar-refractivity contribution in [2.75, 3.05) is 13.2 Å². The van der Waals surface area contributed by atoms with Crippen LogP contribution in [-0.2, 0) is 4.74 Å². The molecule has 0 aliphatic heterocycles. The van der Waals surface area contributed by atoms with Crippen molar-refractivity contribution in [3.63, 3.8) is 0 Å². The van der Waals surface area contributed by atoms with E-state index in [0.29, 0.717) is 12.5 Å². The van der Waals surface area contributed by atoms with Crippen LogP contribution in [0.2, 0.25) is 0 Å². The lowest BCUT2D eigenvalue weighted by atomic mass is 10.0. The van der Waals surface area contributed by atoms with Crippen molar-refractivity contribution in [2.45, 2.75) is 46.5 Å². The van der Waals surface area contributed by atoms with Crippen molar-refractivity contribution in [1.29, 1.82) is 0 Å². The van der Waals surface area contributed by atoms with E-state index >= 15 is 0 Å². The first-order chi connectivity index (χ1) is 9.17. The Bertz CT molecular complexity index is 385. The lowest BCUT2D eigenvalue weighted by Crippen LogP contribution is -2.15. The van der Waals surface area contributed by atoms with Gasteiger partial charge in [0, 0.05) is 12.2 Å². The van der Waals surface area contributed by atoms with E-state index in [1.165, 1.54) is 19.3 Å². The fraction of sp³-hybridized carbons (Fsp3) is 0.588. The highest BCUT2D eigenvalue weighted by Gasteiger charge is 2.09. The van der Waals surface area contributed by atoms with Crippen LogP contribution in [0.25, 0.3) is 0 Å². The number of Topliss-reactive ketones (excluding diaryl/α,β-unsaturated/α-hetero) is 1. The molecule has 0 saturated carbocycles. The number of hydrogen-bond acceptors (Lipinski definition) is 2. The Hall–Kier alpha value is -1.15. The third-order valence-electron chi connectivity index (χ3n) is 3.47. The van der Waals surface area contributed by atoms with Gasteiger partial charge in [-0.2, -0.15) is 0 Å². The molecule has 0 fully saturated rings. The summed E-state index contributed by atoms with van der Waals surface area (Å²) >= 11 is 0. The molecule has 2 nitrogen and oxygen atoms in total. The lowest BCUT2D eigenvalue weighted by molar-refractivity contribution is 0.0658. The van der Waals surface area contributed by atoms with E-state index in [4.69, 9.17) is 4.74 Å². The molecule has 0 aromatic heterocycles. The number of ketones is 1. The Morgan fingerprint density at radius 3 is 2.74 bits per heavy atom. The van der Waals surface area contributed by atoms with Crippen molar-refractivity contribution in [3.05, 3.63) is 35.4 Å². The third kappa shape index (κ3) is 6.02. The average Bonchev–Trinajstić information content (AvgIpc) is 2.42. The maximum Gasteiger partial charge on any atom is 0.188 e. The highest BCUT2D eigenvalue weighted by Crippen LogP contribution is 2.13. The summed E-state index contributed by atoms with van der Waals surface area (Å²) in [4.78, 5) is 12.0. The van der Waals surface area contributed by atoms with Crippen LogP contribution in [-0.4, -0.2) is 19.0 Å². The van der Waals surface area contributed by atoms with E-state index in [1.807, 2.05) is 31.2 Å². The van der Waals surface area contributed by atoms with Gasteiger partial charge >= 0.3 is 0 Å². The quantitative estimate of drug-likeness (QED) is 0.616. The van der Waals surface area contributed by atoms with Crippen molar-refractivity contribution in [1.82, 2.24) is 0 Å². The van der Waals surface area contributed by atoms with Gasteiger partial charge in [0.05, 0.1) is 0 Å². The van der Waals surface area contributed by atoms with Crippen LogP contribution in [0.3, 0.4) is 0 Å². The summed E-state index contributed by atoms with van der Waals surface area (Å²) in [5, 5.41) is 0. The Morgan fingerprint density at radius 2 is 2.11 bits per heavy atom. The maximum atomic E-state index is 12.0. The fourth-order valence-corrected chi connectivity index (χ4v) is 2.12. The van der Waals surface area contributed by atoms with E-state index in [0.717, 1.165) is 17.5 Å². The zero-order valence-corrected chi connectivity index (χ0v) is 12.4. The molecule has 0 heterocycles. The summed E-state index contributed by atoms with van der Waals surface area (Å²) in [5.74, 6) is 0.666. The van der Waals surface area contributed by atoms with Gasteiger partial charge in [-0.05, 0) is 25.3 Å². The lowest BCUT2D eigenvalue weighted by Gasteiger charge is -2.14. The van der Waals surface area contributed by atoms with Crippen LogP contribution in [0.5, 0.6) is 0 Å². The largest absolute Gasteiger partial charge is 0.373 e. The molecule has 1 aromatic rings. The van der Waals surface area contributed by atoms with E-state index < -0.39 is 0 Å². The molecule has 1 aromatic carbocycles. The number of carbonyl (C=O) groups excluding carboxylic acids is 1. The molecule has 106 valence electrons. The summed E-state index contributed by atoms with van der Waals surface area (Å²) < 4.78 is 5.59. The molecule has 0 aliphatic carbocycles. The average molecular weight is 262 g/mol. The number of rotatable bonds is 9. The topological polar surface area (TPSA) is 26.3 Å². The molecule has 0 aliphatic rings. The predicted octanol–water partition coefficient (Wildman–Crippen LogP) is 4.41.